The first-order chi connectivity index (χ1) is 7.68. The summed E-state index contributed by atoms with van der Waals surface area (Å²) in [5.74, 6) is 0.997. The van der Waals surface area contributed by atoms with E-state index < -0.39 is 0 Å². The maximum Gasteiger partial charge on any atom is 0.00949 e. The van der Waals surface area contributed by atoms with Crippen LogP contribution in [0.2, 0.25) is 0 Å². The third-order valence-electron chi connectivity index (χ3n) is 4.45. The molecule has 0 aliphatic heterocycles. The van der Waals surface area contributed by atoms with Crippen molar-refractivity contribution in [1.29, 1.82) is 0 Å². The number of nitrogens with zero attached hydrogens (tertiary/aromatic N) is 1. The van der Waals surface area contributed by atoms with Gasteiger partial charge in [-0.3, -0.25) is 0 Å². The minimum absolute atomic E-state index is 0.747. The van der Waals surface area contributed by atoms with Gasteiger partial charge in [0.25, 0.3) is 0 Å². The molecule has 2 aliphatic carbocycles. The second-order valence-electron chi connectivity index (χ2n) is 5.96. The van der Waals surface area contributed by atoms with E-state index in [1.807, 2.05) is 0 Å². The van der Waals surface area contributed by atoms with Crippen LogP contribution in [0.4, 0.5) is 0 Å². The molecule has 2 atom stereocenters. The zero-order valence-electron chi connectivity index (χ0n) is 11.2. The van der Waals surface area contributed by atoms with Crippen molar-refractivity contribution in [2.24, 2.45) is 5.92 Å². The lowest BCUT2D eigenvalue weighted by Gasteiger charge is -2.31. The van der Waals surface area contributed by atoms with E-state index in [0.29, 0.717) is 0 Å². The predicted octanol–water partition coefficient (Wildman–Crippen LogP) is 2.64. The molecular weight excluding hydrogens is 196 g/mol. The summed E-state index contributed by atoms with van der Waals surface area (Å²) in [6, 6.07) is 2.42. The van der Waals surface area contributed by atoms with Gasteiger partial charge >= 0.3 is 0 Å². The quantitative estimate of drug-likeness (QED) is 0.638. The third kappa shape index (κ3) is 3.74. The molecule has 0 aromatic carbocycles. The van der Waals surface area contributed by atoms with Crippen LogP contribution in [0.15, 0.2) is 0 Å². The van der Waals surface area contributed by atoms with Gasteiger partial charge < -0.3 is 10.2 Å². The number of hydrogen-bond donors (Lipinski definition) is 1. The Morgan fingerprint density at radius 2 is 1.88 bits per heavy atom. The van der Waals surface area contributed by atoms with Crippen LogP contribution in [0, 0.1) is 5.92 Å². The second kappa shape index (κ2) is 5.50. The van der Waals surface area contributed by atoms with Crippen LogP contribution in [-0.2, 0) is 0 Å². The van der Waals surface area contributed by atoms with E-state index in [1.165, 1.54) is 45.1 Å². The summed E-state index contributed by atoms with van der Waals surface area (Å²) in [7, 11) is 2.31. The number of nitrogens with one attached hydrogen (secondary N) is 1. The summed E-state index contributed by atoms with van der Waals surface area (Å²) in [6.07, 6.45) is 8.41. The first-order valence-corrected chi connectivity index (χ1v) is 7.14. The zero-order chi connectivity index (χ0) is 11.5. The molecule has 94 valence electrons. The minimum atomic E-state index is 0.747. The van der Waals surface area contributed by atoms with Crippen LogP contribution in [-0.4, -0.2) is 36.6 Å². The standard InChI is InChI=1S/C14H28N2/c1-11(5-4-10-15-14-8-9-14)16(3)12(2)13-6-7-13/h11-15H,4-10H2,1-3H3. The lowest BCUT2D eigenvalue weighted by Crippen LogP contribution is -2.38. The average Bonchev–Trinajstić information content (AvgIpc) is 3.15. The first-order valence-electron chi connectivity index (χ1n) is 7.14. The fourth-order valence-electron chi connectivity index (χ4n) is 2.51. The van der Waals surface area contributed by atoms with E-state index in [-0.39, 0.29) is 0 Å². The predicted molar refractivity (Wildman–Crippen MR) is 69.7 cm³/mol. The summed E-state index contributed by atoms with van der Waals surface area (Å²) in [5.41, 5.74) is 0. The molecule has 0 spiro atoms. The molecule has 1 N–H and O–H groups in total. The number of rotatable bonds is 8. The Kier molecular flexibility index (Phi) is 4.26. The molecule has 2 aliphatic rings. The van der Waals surface area contributed by atoms with Gasteiger partial charge in [0, 0.05) is 18.1 Å². The maximum absolute atomic E-state index is 3.60. The third-order valence-corrected chi connectivity index (χ3v) is 4.45. The topological polar surface area (TPSA) is 15.3 Å². The highest BCUT2D eigenvalue weighted by Gasteiger charge is 2.31. The van der Waals surface area contributed by atoms with Crippen LogP contribution in [0.3, 0.4) is 0 Å². The Balaban J connectivity index is 1.55. The van der Waals surface area contributed by atoms with Gasteiger partial charge in [-0.1, -0.05) is 0 Å². The summed E-state index contributed by atoms with van der Waals surface area (Å²) in [6.45, 7) is 6.01. The highest BCUT2D eigenvalue weighted by Crippen LogP contribution is 2.35. The van der Waals surface area contributed by atoms with Crippen molar-refractivity contribution in [2.45, 2.75) is 70.5 Å². The molecule has 16 heavy (non-hydrogen) atoms. The largest absolute Gasteiger partial charge is 0.314 e. The molecule has 0 aromatic rings. The molecule has 2 saturated carbocycles. The monoisotopic (exact) mass is 224 g/mol. The van der Waals surface area contributed by atoms with Crippen LogP contribution in [0.1, 0.15) is 52.4 Å². The van der Waals surface area contributed by atoms with Crippen LogP contribution in [0.25, 0.3) is 0 Å². The van der Waals surface area contributed by atoms with Gasteiger partial charge in [-0.2, -0.15) is 0 Å². The van der Waals surface area contributed by atoms with Gasteiger partial charge in [-0.15, -0.1) is 0 Å². The summed E-state index contributed by atoms with van der Waals surface area (Å²) < 4.78 is 0. The molecule has 0 radical (unpaired) electrons. The molecule has 0 saturated heterocycles. The van der Waals surface area contributed by atoms with Crippen LogP contribution < -0.4 is 5.32 Å². The van der Waals surface area contributed by atoms with Crippen molar-refractivity contribution >= 4 is 0 Å². The Morgan fingerprint density at radius 3 is 2.44 bits per heavy atom. The van der Waals surface area contributed by atoms with Crippen LogP contribution >= 0.6 is 0 Å². The molecule has 2 nitrogen and oxygen atoms in total. The van der Waals surface area contributed by atoms with E-state index in [2.05, 4.69) is 31.1 Å². The van der Waals surface area contributed by atoms with Gasteiger partial charge in [0.2, 0.25) is 0 Å². The lowest BCUT2D eigenvalue weighted by molar-refractivity contribution is 0.168. The SMILES string of the molecule is CC(CCCNC1CC1)N(C)C(C)C1CC1. The highest BCUT2D eigenvalue weighted by atomic mass is 15.2. The Bertz CT molecular complexity index is 209. The Hall–Kier alpha value is -0.0800. The molecule has 2 unspecified atom stereocenters. The summed E-state index contributed by atoms with van der Waals surface area (Å²) in [4.78, 5) is 2.59. The van der Waals surface area contributed by atoms with Gasteiger partial charge in [-0.05, 0) is 71.9 Å². The zero-order valence-corrected chi connectivity index (χ0v) is 11.2. The van der Waals surface area contributed by atoms with Crippen LogP contribution in [0.5, 0.6) is 0 Å². The molecule has 0 bridgehead atoms. The smallest absolute Gasteiger partial charge is 0.00949 e. The molecule has 0 heterocycles. The minimum Gasteiger partial charge on any atom is -0.314 e. The molecule has 2 fully saturated rings. The normalized spacial score (nSPS) is 24.8. The molecule has 2 rings (SSSR count). The second-order valence-corrected chi connectivity index (χ2v) is 5.96. The van der Waals surface area contributed by atoms with Crippen molar-refractivity contribution in [3.8, 4) is 0 Å². The fraction of sp³-hybridized carbons (Fsp3) is 1.00. The Labute approximate surface area is 101 Å². The molecule has 0 amide bonds. The molecule has 0 aromatic heterocycles. The lowest BCUT2D eigenvalue weighted by atomic mass is 10.1. The van der Waals surface area contributed by atoms with E-state index in [0.717, 1.165) is 24.0 Å². The van der Waals surface area contributed by atoms with Crippen molar-refractivity contribution in [3.63, 3.8) is 0 Å². The average molecular weight is 224 g/mol. The van der Waals surface area contributed by atoms with E-state index in [1.54, 1.807) is 0 Å². The van der Waals surface area contributed by atoms with Crippen molar-refractivity contribution in [2.75, 3.05) is 13.6 Å². The molecular formula is C14H28N2. The van der Waals surface area contributed by atoms with Gasteiger partial charge in [-0.25, -0.2) is 0 Å². The van der Waals surface area contributed by atoms with Gasteiger partial charge in [0.15, 0.2) is 0 Å². The Morgan fingerprint density at radius 1 is 1.19 bits per heavy atom. The van der Waals surface area contributed by atoms with Gasteiger partial charge in [0.05, 0.1) is 0 Å². The maximum atomic E-state index is 3.60. The van der Waals surface area contributed by atoms with E-state index in [9.17, 15) is 0 Å². The highest BCUT2D eigenvalue weighted by molar-refractivity contribution is 4.86. The van der Waals surface area contributed by atoms with Crippen molar-refractivity contribution in [1.82, 2.24) is 10.2 Å². The van der Waals surface area contributed by atoms with Crippen molar-refractivity contribution in [3.05, 3.63) is 0 Å². The summed E-state index contributed by atoms with van der Waals surface area (Å²) >= 11 is 0. The van der Waals surface area contributed by atoms with E-state index in [4.69, 9.17) is 0 Å². The van der Waals surface area contributed by atoms with Gasteiger partial charge in [0.1, 0.15) is 0 Å². The first kappa shape index (κ1) is 12.4. The molecule has 2 heteroatoms. The van der Waals surface area contributed by atoms with E-state index >= 15 is 0 Å². The van der Waals surface area contributed by atoms with Crippen molar-refractivity contribution < 1.29 is 0 Å². The summed E-state index contributed by atoms with van der Waals surface area (Å²) in [5, 5.41) is 3.60. The fourth-order valence-corrected chi connectivity index (χ4v) is 2.51. The number of hydrogen-bond acceptors (Lipinski definition) is 2.